The molecule has 0 radical (unpaired) electrons. The van der Waals surface area contributed by atoms with E-state index in [0.29, 0.717) is 33.9 Å². The Kier molecular flexibility index (Phi) is 22.8. The van der Waals surface area contributed by atoms with Gasteiger partial charge in [-0.25, -0.2) is 23.7 Å². The van der Waals surface area contributed by atoms with E-state index >= 15 is 0 Å². The van der Waals surface area contributed by atoms with Crippen molar-refractivity contribution in [2.45, 2.75) is 58.9 Å². The summed E-state index contributed by atoms with van der Waals surface area (Å²) < 4.78 is 142. The highest BCUT2D eigenvalue weighted by molar-refractivity contribution is 5.89. The quantitative estimate of drug-likeness (QED) is 0.0149. The Morgan fingerprint density at radius 2 is 1.06 bits per heavy atom. The predicted molar refractivity (Wildman–Crippen MR) is 222 cm³/mol. The summed E-state index contributed by atoms with van der Waals surface area (Å²) in [5.74, 6) is 0.632. The van der Waals surface area contributed by atoms with Gasteiger partial charge < -0.3 is 28.4 Å². The highest BCUT2D eigenvalue weighted by Crippen LogP contribution is 2.33. The van der Waals surface area contributed by atoms with E-state index in [1.54, 1.807) is 55.6 Å². The van der Waals surface area contributed by atoms with Gasteiger partial charge in [-0.2, -0.15) is 39.5 Å². The van der Waals surface area contributed by atoms with Crippen molar-refractivity contribution in [3.05, 3.63) is 123 Å². The first-order valence-corrected chi connectivity index (χ1v) is 19.6. The fourth-order valence-corrected chi connectivity index (χ4v) is 5.00. The van der Waals surface area contributed by atoms with E-state index in [4.69, 9.17) is 19.7 Å². The minimum Gasteiger partial charge on any atom is -0.497 e. The van der Waals surface area contributed by atoms with Crippen LogP contribution in [0.4, 0.5) is 39.5 Å². The van der Waals surface area contributed by atoms with Crippen molar-refractivity contribution in [3.63, 3.8) is 0 Å². The molecule has 0 aliphatic heterocycles. The summed E-state index contributed by atoms with van der Waals surface area (Å²) in [4.78, 5) is 36.3. The molecule has 0 fully saturated rings. The molecule has 0 bridgehead atoms. The van der Waals surface area contributed by atoms with Crippen molar-refractivity contribution in [1.82, 2.24) is 30.0 Å². The van der Waals surface area contributed by atoms with Crippen molar-refractivity contribution < 1.29 is 82.3 Å². The number of benzene rings is 3. The van der Waals surface area contributed by atoms with Gasteiger partial charge >= 0.3 is 36.4 Å². The number of methoxy groups -OCH3 is 3. The number of carbonyl (C=O) groups excluding carboxylic acids is 3. The Labute approximate surface area is 386 Å². The molecule has 0 spiro atoms. The van der Waals surface area contributed by atoms with Crippen molar-refractivity contribution in [2.75, 3.05) is 41.2 Å². The molecular weight excluding hydrogens is 945 g/mol. The maximum absolute atomic E-state index is 13.2. The SMILES string of the molecule is CCOC(=O)C#CC(F)(F)F.CCOC(=O)c1c(C(F)(F)F)nnn1Cc1ccc(OC)cc1.CCOC(=O)c1nnn(Cc2ccc(OC)cc2)c1C(F)(F)F.COc1ccc(CN=[N+]=[N-])cc1. The lowest BCUT2D eigenvalue weighted by Gasteiger charge is -2.11. The van der Waals surface area contributed by atoms with E-state index < -0.39 is 59.2 Å². The average Bonchev–Trinajstić information content (AvgIpc) is 3.94. The molecule has 0 saturated carbocycles. The zero-order chi connectivity index (χ0) is 51.8. The number of hydrogen-bond acceptors (Lipinski definition) is 14. The van der Waals surface area contributed by atoms with Gasteiger partial charge in [0.2, 0.25) is 11.4 Å². The van der Waals surface area contributed by atoms with Gasteiger partial charge in [0.1, 0.15) is 17.2 Å². The van der Waals surface area contributed by atoms with Crippen LogP contribution in [0.3, 0.4) is 0 Å². The van der Waals surface area contributed by atoms with Crippen molar-refractivity contribution >= 4 is 17.9 Å². The Hall–Kier alpha value is -8.01. The number of nitrogens with zero attached hydrogens (tertiary/aromatic N) is 9. The molecule has 69 heavy (non-hydrogen) atoms. The number of carbonyl (C=O) groups is 3. The lowest BCUT2D eigenvalue weighted by atomic mass is 10.2. The molecule has 0 unspecified atom stereocenters. The Morgan fingerprint density at radius 1 is 0.623 bits per heavy atom. The summed E-state index contributed by atoms with van der Waals surface area (Å²) >= 11 is 0. The van der Waals surface area contributed by atoms with Gasteiger partial charge in [-0.3, -0.25) is 0 Å². The fourth-order valence-electron chi connectivity index (χ4n) is 5.00. The second-order valence-corrected chi connectivity index (χ2v) is 12.7. The zero-order valence-corrected chi connectivity index (χ0v) is 37.3. The fraction of sp³-hybridized carbons (Fsp3) is 0.357. The largest absolute Gasteiger partial charge is 0.497 e. The molecule has 0 amide bonds. The Morgan fingerprint density at radius 3 is 1.46 bits per heavy atom. The smallest absolute Gasteiger partial charge is 0.458 e. The van der Waals surface area contributed by atoms with Gasteiger partial charge in [-0.1, -0.05) is 51.9 Å². The van der Waals surface area contributed by atoms with Crippen LogP contribution in [0.25, 0.3) is 10.4 Å². The van der Waals surface area contributed by atoms with Crippen LogP contribution >= 0.6 is 0 Å². The van der Waals surface area contributed by atoms with Crippen molar-refractivity contribution in [2.24, 2.45) is 5.11 Å². The van der Waals surface area contributed by atoms with Crippen LogP contribution in [-0.4, -0.2) is 95.2 Å². The third kappa shape index (κ3) is 19.8. The second-order valence-electron chi connectivity index (χ2n) is 12.7. The molecule has 5 aromatic rings. The summed E-state index contributed by atoms with van der Waals surface area (Å²) in [5, 5.41) is 16.7. The third-order valence-electron chi connectivity index (χ3n) is 7.98. The van der Waals surface area contributed by atoms with Gasteiger partial charge in [-0.05, 0) is 79.4 Å². The van der Waals surface area contributed by atoms with E-state index in [-0.39, 0.29) is 32.9 Å². The predicted octanol–water partition coefficient (Wildman–Crippen LogP) is 8.68. The van der Waals surface area contributed by atoms with Gasteiger partial charge in [0.25, 0.3) is 0 Å². The highest BCUT2D eigenvalue weighted by atomic mass is 19.4. The molecule has 0 atom stereocenters. The normalized spacial score (nSPS) is 10.7. The van der Waals surface area contributed by atoms with Crippen LogP contribution in [0.2, 0.25) is 0 Å². The van der Waals surface area contributed by atoms with E-state index in [2.05, 4.69) is 44.9 Å². The van der Waals surface area contributed by atoms with Gasteiger partial charge in [0, 0.05) is 16.8 Å². The van der Waals surface area contributed by atoms with E-state index in [9.17, 15) is 53.9 Å². The summed E-state index contributed by atoms with van der Waals surface area (Å²) in [6, 6.07) is 20.5. The molecule has 0 aliphatic rings. The monoisotopic (exact) mass is 987 g/mol. The maximum atomic E-state index is 13.2. The van der Waals surface area contributed by atoms with Crippen LogP contribution in [-0.2, 0) is 51.0 Å². The summed E-state index contributed by atoms with van der Waals surface area (Å²) in [6.07, 6.45) is -14.2. The lowest BCUT2D eigenvalue weighted by Crippen LogP contribution is -2.20. The molecule has 372 valence electrons. The first kappa shape index (κ1) is 57.1. The van der Waals surface area contributed by atoms with E-state index in [1.165, 1.54) is 40.9 Å². The van der Waals surface area contributed by atoms with Crippen molar-refractivity contribution in [1.29, 1.82) is 0 Å². The molecule has 27 heteroatoms. The van der Waals surface area contributed by atoms with Crippen LogP contribution in [0.15, 0.2) is 77.9 Å². The standard InChI is InChI=1S/2C14H14F3N3O3.C8H9N3O.C6H5F3O2/c1-3-23-13(21)11-12(14(15,16)17)18-19-20(11)8-9-4-6-10(22-2)7-5-9;1-3-23-13(21)11-12(14(15,16)17)20(19-18-11)8-9-4-6-10(22-2)7-5-9;1-12-8-4-2-7(3-5-8)6-10-11-9;1-2-11-5(10)3-4-6(7,8)9/h2*4-7H,3,8H2,1-2H3;2-5H,6H2,1H3;2H2,1H3. The van der Waals surface area contributed by atoms with Crippen LogP contribution in [0.5, 0.6) is 17.2 Å². The first-order chi connectivity index (χ1) is 32.5. The third-order valence-corrected chi connectivity index (χ3v) is 7.98. The molecule has 3 aromatic carbocycles. The minimum atomic E-state index is -4.79. The number of rotatable bonds is 14. The lowest BCUT2D eigenvalue weighted by molar-refractivity contribution is -0.144. The van der Waals surface area contributed by atoms with E-state index in [0.717, 1.165) is 21.9 Å². The van der Waals surface area contributed by atoms with Crippen molar-refractivity contribution in [3.8, 4) is 29.1 Å². The molecule has 0 saturated heterocycles. The van der Waals surface area contributed by atoms with Gasteiger partial charge in [0.05, 0.1) is 60.8 Å². The number of halogens is 9. The van der Waals surface area contributed by atoms with Crippen LogP contribution in [0, 0.1) is 11.8 Å². The van der Waals surface area contributed by atoms with Gasteiger partial charge in [-0.15, -0.1) is 10.2 Å². The minimum absolute atomic E-state index is 0.0192. The number of ether oxygens (including phenoxy) is 6. The summed E-state index contributed by atoms with van der Waals surface area (Å²) in [7, 11) is 4.60. The van der Waals surface area contributed by atoms with Gasteiger partial charge in [0.15, 0.2) is 11.4 Å². The van der Waals surface area contributed by atoms with E-state index in [1.807, 2.05) is 24.3 Å². The maximum Gasteiger partial charge on any atom is 0.458 e. The topological polar surface area (TPSA) is 217 Å². The molecule has 18 nitrogen and oxygen atoms in total. The molecule has 5 rings (SSSR count). The zero-order valence-electron chi connectivity index (χ0n) is 37.3. The average molecular weight is 988 g/mol. The van der Waals surface area contributed by atoms with Crippen LogP contribution < -0.4 is 14.2 Å². The van der Waals surface area contributed by atoms with Crippen LogP contribution in [0.1, 0.15) is 69.8 Å². The number of esters is 3. The summed E-state index contributed by atoms with van der Waals surface area (Å²) in [5.41, 5.74) is 6.09. The highest BCUT2D eigenvalue weighted by Gasteiger charge is 2.43. The summed E-state index contributed by atoms with van der Waals surface area (Å²) in [6.45, 7) is 4.53. The number of alkyl halides is 9. The number of aromatic nitrogens is 6. The second kappa shape index (κ2) is 27.6. The molecule has 0 N–H and O–H groups in total. The molecule has 0 aliphatic carbocycles. The number of hydrogen-bond donors (Lipinski definition) is 0. The molecular formula is C42H42F9N9O9. The number of azide groups is 1. The molecule has 2 heterocycles. The Balaban J connectivity index is 0.000000333. The Bertz CT molecular complexity index is 2510. The first-order valence-electron chi connectivity index (χ1n) is 19.6. The molecule has 2 aromatic heterocycles.